The van der Waals surface area contributed by atoms with Crippen molar-refractivity contribution in [1.82, 2.24) is 0 Å². The molecule has 0 heterocycles. The maximum absolute atomic E-state index is 11.2. The van der Waals surface area contributed by atoms with Gasteiger partial charge in [-0.15, -0.1) is 11.8 Å². The molecule has 0 unspecified atom stereocenters. The highest BCUT2D eigenvalue weighted by Gasteiger charge is 2.00. The van der Waals surface area contributed by atoms with Gasteiger partial charge in [0.2, 0.25) is 0 Å². The highest BCUT2D eigenvalue weighted by molar-refractivity contribution is 7.99. The van der Waals surface area contributed by atoms with Crippen molar-refractivity contribution in [3.8, 4) is 0 Å². The molecule has 0 spiro atoms. The molecule has 0 saturated carbocycles. The Kier molecular flexibility index (Phi) is 4.21. The van der Waals surface area contributed by atoms with Crippen LogP contribution in [0.4, 0.5) is 0 Å². The second kappa shape index (κ2) is 5.87. The number of hydrogen-bond donors (Lipinski definition) is 0. The number of thioether (sulfide) groups is 1. The van der Waals surface area contributed by atoms with Crippen LogP contribution in [0.15, 0.2) is 47.4 Å². The topological polar surface area (TPSA) is 17.1 Å². The molecule has 1 nitrogen and oxygen atoms in total. The van der Waals surface area contributed by atoms with E-state index in [2.05, 4.69) is 42.5 Å². The van der Waals surface area contributed by atoms with E-state index in [0.29, 0.717) is 18.6 Å². The van der Waals surface area contributed by atoms with Crippen molar-refractivity contribution in [2.75, 3.05) is 5.75 Å². The zero-order chi connectivity index (χ0) is 12.1. The van der Waals surface area contributed by atoms with Gasteiger partial charge in [0.25, 0.3) is 0 Å². The van der Waals surface area contributed by atoms with Crippen LogP contribution >= 0.6 is 11.8 Å². The van der Waals surface area contributed by atoms with Gasteiger partial charge < -0.3 is 0 Å². The molecule has 0 aliphatic rings. The van der Waals surface area contributed by atoms with Crippen LogP contribution in [-0.4, -0.2) is 11.5 Å². The summed E-state index contributed by atoms with van der Waals surface area (Å²) in [5, 5.41) is 2.53. The minimum Gasteiger partial charge on any atom is -0.300 e. The average Bonchev–Trinajstić information content (AvgIpc) is 2.38. The predicted octanol–water partition coefficient (Wildman–Crippen LogP) is 4.30. The second-order valence-corrected chi connectivity index (χ2v) is 5.17. The fraction of sp³-hybridized carbons (Fsp3) is 0.267. The third-order valence-corrected chi connectivity index (χ3v) is 3.76. The van der Waals surface area contributed by atoms with Crippen LogP contribution in [0.1, 0.15) is 19.8 Å². The van der Waals surface area contributed by atoms with Gasteiger partial charge in [-0.2, -0.15) is 0 Å². The highest BCUT2D eigenvalue weighted by Crippen LogP contribution is 2.24. The van der Waals surface area contributed by atoms with Gasteiger partial charge in [-0.05, 0) is 22.9 Å². The molecule has 0 radical (unpaired) electrons. The smallest absolute Gasteiger partial charge is 0.133 e. The van der Waals surface area contributed by atoms with E-state index in [0.717, 1.165) is 5.75 Å². The Morgan fingerprint density at radius 2 is 1.88 bits per heavy atom. The Morgan fingerprint density at radius 1 is 1.12 bits per heavy atom. The first-order valence-electron chi connectivity index (χ1n) is 5.93. The molecule has 0 fully saturated rings. The van der Waals surface area contributed by atoms with Crippen molar-refractivity contribution in [1.29, 1.82) is 0 Å². The van der Waals surface area contributed by atoms with E-state index in [1.807, 2.05) is 6.92 Å². The first kappa shape index (κ1) is 12.2. The maximum atomic E-state index is 11.2. The molecule has 0 amide bonds. The van der Waals surface area contributed by atoms with Gasteiger partial charge in [0.05, 0.1) is 0 Å². The largest absolute Gasteiger partial charge is 0.300 e. The molecule has 0 saturated heterocycles. The number of carbonyl (C=O) groups excluding carboxylic acids is 1. The number of fused-ring (bicyclic) bond motifs is 1. The van der Waals surface area contributed by atoms with Crippen molar-refractivity contribution < 1.29 is 4.79 Å². The predicted molar refractivity (Wildman–Crippen MR) is 74.6 cm³/mol. The van der Waals surface area contributed by atoms with Crippen LogP contribution in [0.5, 0.6) is 0 Å². The summed E-state index contributed by atoms with van der Waals surface area (Å²) in [7, 11) is 0. The van der Waals surface area contributed by atoms with E-state index < -0.39 is 0 Å². The molecule has 0 aliphatic carbocycles. The lowest BCUT2D eigenvalue weighted by Gasteiger charge is -2.03. The van der Waals surface area contributed by atoms with Crippen LogP contribution in [-0.2, 0) is 4.79 Å². The van der Waals surface area contributed by atoms with Gasteiger partial charge in [0.1, 0.15) is 5.78 Å². The summed E-state index contributed by atoms with van der Waals surface area (Å²) < 4.78 is 0. The van der Waals surface area contributed by atoms with Gasteiger partial charge in [-0.3, -0.25) is 4.79 Å². The lowest BCUT2D eigenvalue weighted by Crippen LogP contribution is -1.96. The van der Waals surface area contributed by atoms with Crippen LogP contribution in [0, 0.1) is 0 Å². The zero-order valence-corrected chi connectivity index (χ0v) is 10.8. The van der Waals surface area contributed by atoms with Crippen molar-refractivity contribution >= 4 is 28.3 Å². The molecule has 17 heavy (non-hydrogen) atoms. The Morgan fingerprint density at radius 3 is 2.65 bits per heavy atom. The van der Waals surface area contributed by atoms with E-state index in [-0.39, 0.29) is 0 Å². The molecule has 88 valence electrons. The van der Waals surface area contributed by atoms with Gasteiger partial charge in [-0.1, -0.05) is 37.3 Å². The molecule has 0 aliphatic heterocycles. The Labute approximate surface area is 106 Å². The van der Waals surface area contributed by atoms with Crippen molar-refractivity contribution in [3.05, 3.63) is 42.5 Å². The Balaban J connectivity index is 2.02. The lowest BCUT2D eigenvalue weighted by atomic mass is 10.1. The molecule has 0 aromatic heterocycles. The third kappa shape index (κ3) is 3.34. The molecule has 0 N–H and O–H groups in total. The summed E-state index contributed by atoms with van der Waals surface area (Å²) in [6, 6.07) is 14.8. The minimum absolute atomic E-state index is 0.346. The molecular formula is C15H16OS. The summed E-state index contributed by atoms with van der Waals surface area (Å²) in [5.74, 6) is 1.23. The minimum atomic E-state index is 0.346. The van der Waals surface area contributed by atoms with E-state index in [9.17, 15) is 4.79 Å². The fourth-order valence-corrected chi connectivity index (χ4v) is 2.66. The van der Waals surface area contributed by atoms with Gasteiger partial charge in [0.15, 0.2) is 0 Å². The second-order valence-electron chi connectivity index (χ2n) is 4.00. The first-order valence-corrected chi connectivity index (χ1v) is 6.91. The summed E-state index contributed by atoms with van der Waals surface area (Å²) in [6.07, 6.45) is 1.33. The number of hydrogen-bond acceptors (Lipinski definition) is 2. The molecular weight excluding hydrogens is 228 g/mol. The van der Waals surface area contributed by atoms with Crippen LogP contribution in [0.25, 0.3) is 10.8 Å². The number of rotatable bonds is 5. The monoisotopic (exact) mass is 244 g/mol. The molecule has 0 bridgehead atoms. The molecule has 2 aromatic carbocycles. The molecule has 2 rings (SSSR count). The number of ketones is 1. The van der Waals surface area contributed by atoms with E-state index in [4.69, 9.17) is 0 Å². The average molecular weight is 244 g/mol. The van der Waals surface area contributed by atoms with Crippen LogP contribution < -0.4 is 0 Å². The first-order chi connectivity index (χ1) is 8.29. The standard InChI is InChI=1S/C15H16OS/c1-2-14(16)9-10-17-15-8-7-12-5-3-4-6-13(12)11-15/h3-8,11H,2,9-10H2,1H3. The Bertz CT molecular complexity index is 519. The fourth-order valence-electron chi connectivity index (χ4n) is 1.72. The van der Waals surface area contributed by atoms with Crippen molar-refractivity contribution in [2.45, 2.75) is 24.7 Å². The van der Waals surface area contributed by atoms with E-state index >= 15 is 0 Å². The van der Waals surface area contributed by atoms with Crippen molar-refractivity contribution in [3.63, 3.8) is 0 Å². The number of benzene rings is 2. The third-order valence-electron chi connectivity index (χ3n) is 2.76. The number of carbonyl (C=O) groups is 1. The molecule has 0 atom stereocenters. The van der Waals surface area contributed by atoms with Gasteiger partial charge in [-0.25, -0.2) is 0 Å². The SMILES string of the molecule is CCC(=O)CCSc1ccc2ccccc2c1. The molecule has 2 heteroatoms. The van der Waals surface area contributed by atoms with Gasteiger partial charge in [0, 0.05) is 23.5 Å². The highest BCUT2D eigenvalue weighted by atomic mass is 32.2. The number of Topliss-reactive ketones (excluding diaryl/α,β-unsaturated/α-hetero) is 1. The van der Waals surface area contributed by atoms with E-state index in [1.165, 1.54) is 15.7 Å². The normalized spacial score (nSPS) is 10.6. The lowest BCUT2D eigenvalue weighted by molar-refractivity contribution is -0.118. The summed E-state index contributed by atoms with van der Waals surface area (Å²) >= 11 is 1.76. The zero-order valence-electron chi connectivity index (χ0n) is 9.98. The summed E-state index contributed by atoms with van der Waals surface area (Å²) in [5.41, 5.74) is 0. The van der Waals surface area contributed by atoms with E-state index in [1.54, 1.807) is 11.8 Å². The maximum Gasteiger partial charge on any atom is 0.133 e. The van der Waals surface area contributed by atoms with Crippen molar-refractivity contribution in [2.24, 2.45) is 0 Å². The van der Waals surface area contributed by atoms with Crippen LogP contribution in [0.3, 0.4) is 0 Å². The Hall–Kier alpha value is -1.28. The summed E-state index contributed by atoms with van der Waals surface area (Å²) in [4.78, 5) is 12.4. The van der Waals surface area contributed by atoms with Gasteiger partial charge >= 0.3 is 0 Å². The summed E-state index contributed by atoms with van der Waals surface area (Å²) in [6.45, 7) is 1.92. The van der Waals surface area contributed by atoms with Crippen LogP contribution in [0.2, 0.25) is 0 Å². The molecule has 2 aromatic rings. The quantitative estimate of drug-likeness (QED) is 0.729.